The Morgan fingerprint density at radius 2 is 1.77 bits per heavy atom. The third-order valence-corrected chi connectivity index (χ3v) is 5.91. The number of fused-ring (bicyclic) bond motifs is 1. The van der Waals surface area contributed by atoms with Crippen molar-refractivity contribution < 1.29 is 4.79 Å². The Bertz CT molecular complexity index is 1070. The number of nitrogens with one attached hydrogen (secondary N) is 3. The van der Waals surface area contributed by atoms with E-state index in [1.807, 2.05) is 25.1 Å². The Hall–Kier alpha value is -2.99. The topological polar surface area (TPSA) is 78.9 Å². The van der Waals surface area contributed by atoms with Crippen LogP contribution in [0.25, 0.3) is 10.9 Å². The number of carbonyl (C=O) groups excluding carboxylic acids is 1. The molecule has 1 fully saturated rings. The predicted octanol–water partition coefficient (Wildman–Crippen LogP) is 4.13. The standard InChI is InChI=1S/C24H29N5O/c1-5-9-18-21(17-10-7-6-8-11-17)27-24(28-22(18)30)29-23-25-16(4)19-12-14(2)15(3)13-20(19)26-23/h6-8,10-13,18,21,24,27H,5,9H2,1-4H3,(H,28,30)(H,25,26,29). The molecule has 30 heavy (non-hydrogen) atoms. The molecule has 1 aliphatic heterocycles. The number of amides is 1. The monoisotopic (exact) mass is 403 g/mol. The average molecular weight is 404 g/mol. The summed E-state index contributed by atoms with van der Waals surface area (Å²) in [6.07, 6.45) is 1.33. The lowest BCUT2D eigenvalue weighted by Crippen LogP contribution is -2.60. The molecule has 3 aromatic rings. The molecular weight excluding hydrogens is 374 g/mol. The fourth-order valence-electron chi connectivity index (χ4n) is 4.15. The van der Waals surface area contributed by atoms with E-state index in [-0.39, 0.29) is 17.9 Å². The predicted molar refractivity (Wildman–Crippen MR) is 120 cm³/mol. The van der Waals surface area contributed by atoms with Crippen LogP contribution in [0.15, 0.2) is 42.5 Å². The van der Waals surface area contributed by atoms with Crippen molar-refractivity contribution in [3.8, 4) is 0 Å². The molecule has 4 rings (SSSR count). The highest BCUT2D eigenvalue weighted by atomic mass is 16.2. The van der Waals surface area contributed by atoms with Gasteiger partial charge >= 0.3 is 0 Å². The van der Waals surface area contributed by atoms with Gasteiger partial charge in [-0.3, -0.25) is 10.1 Å². The van der Waals surface area contributed by atoms with Gasteiger partial charge in [0.2, 0.25) is 11.9 Å². The first kappa shape index (κ1) is 20.3. The molecule has 1 aliphatic rings. The van der Waals surface area contributed by atoms with Gasteiger partial charge in [0.1, 0.15) is 0 Å². The Kier molecular flexibility index (Phi) is 5.68. The maximum atomic E-state index is 12.9. The normalized spacial score (nSPS) is 21.5. The lowest BCUT2D eigenvalue weighted by atomic mass is 9.87. The zero-order valence-corrected chi connectivity index (χ0v) is 18.0. The average Bonchev–Trinajstić information content (AvgIpc) is 2.72. The highest BCUT2D eigenvalue weighted by molar-refractivity contribution is 5.84. The van der Waals surface area contributed by atoms with E-state index in [2.05, 4.69) is 66.0 Å². The Labute approximate surface area is 177 Å². The Morgan fingerprint density at radius 3 is 2.50 bits per heavy atom. The number of anilines is 1. The van der Waals surface area contributed by atoms with Gasteiger partial charge in [-0.25, -0.2) is 9.97 Å². The van der Waals surface area contributed by atoms with Crippen LogP contribution in [-0.4, -0.2) is 22.2 Å². The Morgan fingerprint density at radius 1 is 1.03 bits per heavy atom. The van der Waals surface area contributed by atoms with E-state index in [0.29, 0.717) is 5.95 Å². The zero-order chi connectivity index (χ0) is 21.3. The van der Waals surface area contributed by atoms with Gasteiger partial charge in [0, 0.05) is 11.4 Å². The van der Waals surface area contributed by atoms with Crippen LogP contribution in [-0.2, 0) is 4.79 Å². The summed E-state index contributed by atoms with van der Waals surface area (Å²) in [6.45, 7) is 8.27. The minimum absolute atomic E-state index is 0.0472. The first-order valence-electron chi connectivity index (χ1n) is 10.6. The molecule has 1 amide bonds. The summed E-state index contributed by atoms with van der Waals surface area (Å²) < 4.78 is 0. The quantitative estimate of drug-likeness (QED) is 0.597. The number of aryl methyl sites for hydroxylation is 3. The summed E-state index contributed by atoms with van der Waals surface area (Å²) >= 11 is 0. The second kappa shape index (κ2) is 8.40. The Balaban J connectivity index is 1.61. The summed E-state index contributed by atoms with van der Waals surface area (Å²) in [5, 5.41) is 10.9. The molecule has 2 aromatic carbocycles. The molecule has 6 heteroatoms. The van der Waals surface area contributed by atoms with E-state index < -0.39 is 6.29 Å². The molecule has 3 atom stereocenters. The fourth-order valence-corrected chi connectivity index (χ4v) is 4.15. The van der Waals surface area contributed by atoms with Crippen LogP contribution < -0.4 is 16.0 Å². The molecule has 6 nitrogen and oxygen atoms in total. The van der Waals surface area contributed by atoms with Gasteiger partial charge in [0.25, 0.3) is 0 Å². The molecule has 0 aliphatic carbocycles. The number of carbonyl (C=O) groups is 1. The first-order valence-corrected chi connectivity index (χ1v) is 10.6. The number of hydrogen-bond donors (Lipinski definition) is 3. The van der Waals surface area contributed by atoms with E-state index in [4.69, 9.17) is 4.98 Å². The van der Waals surface area contributed by atoms with Crippen LogP contribution in [0.5, 0.6) is 0 Å². The minimum Gasteiger partial charge on any atom is -0.323 e. The van der Waals surface area contributed by atoms with Crippen molar-refractivity contribution >= 4 is 22.8 Å². The van der Waals surface area contributed by atoms with Crippen molar-refractivity contribution in [2.75, 3.05) is 5.32 Å². The van der Waals surface area contributed by atoms with Gasteiger partial charge in [0.15, 0.2) is 6.29 Å². The SMILES string of the molecule is CCCC1C(=O)NC(Nc2nc(C)c3cc(C)c(C)cc3n2)NC1c1ccccc1. The number of aromatic nitrogens is 2. The van der Waals surface area contributed by atoms with Crippen LogP contribution in [0.3, 0.4) is 0 Å². The van der Waals surface area contributed by atoms with Crippen LogP contribution >= 0.6 is 0 Å². The second-order valence-corrected chi connectivity index (χ2v) is 8.12. The van der Waals surface area contributed by atoms with Gasteiger partial charge in [0.05, 0.1) is 17.1 Å². The van der Waals surface area contributed by atoms with E-state index in [1.165, 1.54) is 11.1 Å². The van der Waals surface area contributed by atoms with Crippen molar-refractivity contribution in [1.29, 1.82) is 0 Å². The van der Waals surface area contributed by atoms with E-state index >= 15 is 0 Å². The first-order chi connectivity index (χ1) is 14.5. The second-order valence-electron chi connectivity index (χ2n) is 8.12. The third-order valence-electron chi connectivity index (χ3n) is 5.91. The lowest BCUT2D eigenvalue weighted by Gasteiger charge is -2.38. The number of rotatable bonds is 5. The van der Waals surface area contributed by atoms with Crippen LogP contribution in [0.2, 0.25) is 0 Å². The van der Waals surface area contributed by atoms with Gasteiger partial charge in [-0.1, -0.05) is 43.7 Å². The summed E-state index contributed by atoms with van der Waals surface area (Å²) in [6, 6.07) is 14.3. The van der Waals surface area contributed by atoms with E-state index in [0.717, 1.165) is 35.0 Å². The van der Waals surface area contributed by atoms with Crippen LogP contribution in [0.4, 0.5) is 5.95 Å². The third kappa shape index (κ3) is 4.00. The fraction of sp³-hybridized carbons (Fsp3) is 0.375. The van der Waals surface area contributed by atoms with Gasteiger partial charge in [-0.2, -0.15) is 0 Å². The lowest BCUT2D eigenvalue weighted by molar-refractivity contribution is -0.129. The van der Waals surface area contributed by atoms with Crippen LogP contribution in [0, 0.1) is 26.7 Å². The smallest absolute Gasteiger partial charge is 0.227 e. The van der Waals surface area contributed by atoms with Crippen LogP contribution in [0.1, 0.15) is 48.2 Å². The summed E-state index contributed by atoms with van der Waals surface area (Å²) in [7, 11) is 0. The van der Waals surface area contributed by atoms with Crippen molar-refractivity contribution in [2.24, 2.45) is 5.92 Å². The van der Waals surface area contributed by atoms with Crippen molar-refractivity contribution in [2.45, 2.75) is 52.9 Å². The largest absolute Gasteiger partial charge is 0.323 e. The molecular formula is C24H29N5O. The van der Waals surface area contributed by atoms with E-state index in [9.17, 15) is 4.79 Å². The van der Waals surface area contributed by atoms with E-state index in [1.54, 1.807) is 0 Å². The minimum atomic E-state index is -0.445. The molecule has 156 valence electrons. The summed E-state index contributed by atoms with van der Waals surface area (Å²) in [4.78, 5) is 22.2. The highest BCUT2D eigenvalue weighted by Gasteiger charge is 2.36. The van der Waals surface area contributed by atoms with Crippen molar-refractivity contribution in [3.63, 3.8) is 0 Å². The molecule has 0 saturated carbocycles. The molecule has 0 bridgehead atoms. The zero-order valence-electron chi connectivity index (χ0n) is 18.0. The molecule has 2 heterocycles. The van der Waals surface area contributed by atoms with Crippen molar-refractivity contribution in [1.82, 2.24) is 20.6 Å². The van der Waals surface area contributed by atoms with Gasteiger partial charge < -0.3 is 10.6 Å². The molecule has 0 radical (unpaired) electrons. The highest BCUT2D eigenvalue weighted by Crippen LogP contribution is 2.29. The molecule has 1 saturated heterocycles. The molecule has 3 N–H and O–H groups in total. The van der Waals surface area contributed by atoms with Gasteiger partial charge in [-0.05, 0) is 56.0 Å². The maximum Gasteiger partial charge on any atom is 0.227 e. The molecule has 1 aromatic heterocycles. The molecule has 0 spiro atoms. The van der Waals surface area contributed by atoms with Gasteiger partial charge in [-0.15, -0.1) is 0 Å². The number of hydrogen-bond acceptors (Lipinski definition) is 5. The number of nitrogens with zero attached hydrogens (tertiary/aromatic N) is 2. The summed E-state index contributed by atoms with van der Waals surface area (Å²) in [5.41, 5.74) is 5.35. The van der Waals surface area contributed by atoms with Crippen molar-refractivity contribution in [3.05, 3.63) is 64.8 Å². The summed E-state index contributed by atoms with van der Waals surface area (Å²) in [5.74, 6) is 0.438. The molecule has 3 unspecified atom stereocenters. The maximum absolute atomic E-state index is 12.9. The number of benzene rings is 2.